The molecule has 22 heavy (non-hydrogen) atoms. The molecule has 3 heterocycles. The van der Waals surface area contributed by atoms with Crippen molar-refractivity contribution in [1.29, 1.82) is 0 Å². The molecule has 5 nitrogen and oxygen atoms in total. The molecule has 0 bridgehead atoms. The third kappa shape index (κ3) is 3.43. The molecule has 2 fully saturated rings. The summed E-state index contributed by atoms with van der Waals surface area (Å²) in [5.41, 5.74) is 1.56. The molecule has 0 atom stereocenters. The van der Waals surface area contributed by atoms with Gasteiger partial charge in [-0.3, -0.25) is 4.99 Å². The molecular formula is C16H26N4OS. The number of rotatable bonds is 3. The number of aryl methyl sites for hydroxylation is 1. The van der Waals surface area contributed by atoms with Crippen LogP contribution in [0.2, 0.25) is 0 Å². The van der Waals surface area contributed by atoms with E-state index < -0.39 is 0 Å². The van der Waals surface area contributed by atoms with Crippen LogP contribution in [-0.2, 0) is 17.7 Å². The minimum absolute atomic E-state index is 0.450. The molecule has 1 aromatic rings. The number of aliphatic imine (C=N–C) groups is 1. The van der Waals surface area contributed by atoms with Crippen molar-refractivity contribution in [2.24, 2.45) is 10.4 Å². The number of guanidine groups is 1. The van der Waals surface area contributed by atoms with Gasteiger partial charge in [0.15, 0.2) is 5.96 Å². The van der Waals surface area contributed by atoms with E-state index in [0.717, 1.165) is 50.9 Å². The third-order valence-corrected chi connectivity index (χ3v) is 5.87. The van der Waals surface area contributed by atoms with Gasteiger partial charge in [0.05, 0.1) is 17.2 Å². The molecule has 0 radical (unpaired) electrons. The maximum atomic E-state index is 5.53. The van der Waals surface area contributed by atoms with Gasteiger partial charge in [0, 0.05) is 38.7 Å². The smallest absolute Gasteiger partial charge is 0.193 e. The monoisotopic (exact) mass is 322 g/mol. The number of aromatic nitrogens is 1. The van der Waals surface area contributed by atoms with E-state index in [2.05, 4.69) is 32.5 Å². The second-order valence-electron chi connectivity index (χ2n) is 6.27. The topological polar surface area (TPSA) is 49.8 Å². The minimum atomic E-state index is 0.450. The Morgan fingerprint density at radius 3 is 2.95 bits per heavy atom. The quantitative estimate of drug-likeness (QED) is 0.685. The standard InChI is InChI=1S/C16H26N4OS/c1-3-14-19-13(11-22-14)10-18-15(17-2)20-7-4-16(12-20)5-8-21-9-6-16/h11H,3-10,12H2,1-2H3,(H,17,18). The van der Waals surface area contributed by atoms with Gasteiger partial charge in [0.25, 0.3) is 0 Å². The van der Waals surface area contributed by atoms with Gasteiger partial charge in [-0.05, 0) is 31.1 Å². The van der Waals surface area contributed by atoms with Gasteiger partial charge in [-0.2, -0.15) is 0 Å². The van der Waals surface area contributed by atoms with Crippen molar-refractivity contribution >= 4 is 17.3 Å². The van der Waals surface area contributed by atoms with Crippen LogP contribution in [0.4, 0.5) is 0 Å². The summed E-state index contributed by atoms with van der Waals surface area (Å²) < 4.78 is 5.53. The fourth-order valence-electron chi connectivity index (χ4n) is 3.42. The molecule has 2 aliphatic rings. The number of hydrogen-bond donors (Lipinski definition) is 1. The Bertz CT molecular complexity index is 522. The Hall–Kier alpha value is -1.14. The van der Waals surface area contributed by atoms with Gasteiger partial charge in [0.2, 0.25) is 0 Å². The highest BCUT2D eigenvalue weighted by molar-refractivity contribution is 7.09. The number of nitrogens with zero attached hydrogens (tertiary/aromatic N) is 3. The van der Waals surface area contributed by atoms with E-state index in [9.17, 15) is 0 Å². The zero-order valence-electron chi connectivity index (χ0n) is 13.6. The molecule has 6 heteroatoms. The number of thiazole rings is 1. The summed E-state index contributed by atoms with van der Waals surface area (Å²) in [5.74, 6) is 1.01. The molecule has 1 N–H and O–H groups in total. The van der Waals surface area contributed by atoms with Crippen molar-refractivity contribution < 1.29 is 4.74 Å². The van der Waals surface area contributed by atoms with Crippen LogP contribution < -0.4 is 5.32 Å². The Labute approximate surface area is 136 Å². The summed E-state index contributed by atoms with van der Waals surface area (Å²) >= 11 is 1.74. The van der Waals surface area contributed by atoms with E-state index >= 15 is 0 Å². The molecule has 0 aliphatic carbocycles. The summed E-state index contributed by atoms with van der Waals surface area (Å²) in [4.78, 5) is 11.5. The van der Waals surface area contributed by atoms with Crippen molar-refractivity contribution in [2.45, 2.75) is 39.2 Å². The summed E-state index contributed by atoms with van der Waals surface area (Å²) in [5, 5.41) is 6.82. The van der Waals surface area contributed by atoms with Crippen molar-refractivity contribution in [3.8, 4) is 0 Å². The first-order chi connectivity index (χ1) is 10.7. The van der Waals surface area contributed by atoms with E-state index in [0.29, 0.717) is 5.41 Å². The van der Waals surface area contributed by atoms with Gasteiger partial charge in [-0.1, -0.05) is 6.92 Å². The Morgan fingerprint density at radius 2 is 2.27 bits per heavy atom. The number of hydrogen-bond acceptors (Lipinski definition) is 4. The molecule has 122 valence electrons. The zero-order valence-corrected chi connectivity index (χ0v) is 14.4. The van der Waals surface area contributed by atoms with E-state index in [-0.39, 0.29) is 0 Å². The lowest BCUT2D eigenvalue weighted by Crippen LogP contribution is -2.42. The molecule has 2 saturated heterocycles. The van der Waals surface area contributed by atoms with Crippen LogP contribution in [0.1, 0.15) is 36.9 Å². The number of ether oxygens (including phenoxy) is 1. The van der Waals surface area contributed by atoms with Gasteiger partial charge in [0.1, 0.15) is 0 Å². The van der Waals surface area contributed by atoms with Crippen LogP contribution in [0.15, 0.2) is 10.4 Å². The molecule has 3 rings (SSSR count). The van der Waals surface area contributed by atoms with Gasteiger partial charge in [-0.25, -0.2) is 4.98 Å². The highest BCUT2D eigenvalue weighted by atomic mass is 32.1. The van der Waals surface area contributed by atoms with Crippen LogP contribution in [0.5, 0.6) is 0 Å². The summed E-state index contributed by atoms with van der Waals surface area (Å²) in [6, 6.07) is 0. The fourth-order valence-corrected chi connectivity index (χ4v) is 4.17. The predicted octanol–water partition coefficient (Wildman–Crippen LogP) is 2.28. The Morgan fingerprint density at radius 1 is 1.45 bits per heavy atom. The molecule has 0 amide bonds. The zero-order chi connectivity index (χ0) is 15.4. The van der Waals surface area contributed by atoms with Crippen LogP contribution >= 0.6 is 11.3 Å². The first kappa shape index (κ1) is 15.7. The normalized spacial score (nSPS) is 21.5. The highest BCUT2D eigenvalue weighted by Crippen LogP contribution is 2.39. The van der Waals surface area contributed by atoms with E-state index in [4.69, 9.17) is 4.74 Å². The first-order valence-corrected chi connectivity index (χ1v) is 9.09. The molecule has 0 aromatic carbocycles. The van der Waals surface area contributed by atoms with Gasteiger partial charge in [-0.15, -0.1) is 11.3 Å². The second kappa shape index (κ2) is 6.96. The van der Waals surface area contributed by atoms with E-state index in [1.807, 2.05) is 7.05 Å². The minimum Gasteiger partial charge on any atom is -0.381 e. The van der Waals surface area contributed by atoms with Gasteiger partial charge < -0.3 is 15.0 Å². The van der Waals surface area contributed by atoms with Crippen molar-refractivity contribution in [2.75, 3.05) is 33.4 Å². The summed E-state index contributed by atoms with van der Waals surface area (Å²) in [6.45, 7) is 6.93. The van der Waals surface area contributed by atoms with Crippen molar-refractivity contribution in [1.82, 2.24) is 15.2 Å². The molecular weight excluding hydrogens is 296 g/mol. The average Bonchev–Trinajstić information content (AvgIpc) is 3.17. The fraction of sp³-hybridized carbons (Fsp3) is 0.750. The number of nitrogens with one attached hydrogen (secondary N) is 1. The molecule has 2 aliphatic heterocycles. The van der Waals surface area contributed by atoms with E-state index in [1.165, 1.54) is 24.3 Å². The first-order valence-electron chi connectivity index (χ1n) is 8.21. The number of likely N-dealkylation sites (tertiary alicyclic amines) is 1. The van der Waals surface area contributed by atoms with Crippen LogP contribution in [0.25, 0.3) is 0 Å². The van der Waals surface area contributed by atoms with Crippen molar-refractivity contribution in [3.63, 3.8) is 0 Å². The summed E-state index contributed by atoms with van der Waals surface area (Å²) in [7, 11) is 1.87. The van der Waals surface area contributed by atoms with Crippen LogP contribution in [-0.4, -0.2) is 49.2 Å². The van der Waals surface area contributed by atoms with Crippen molar-refractivity contribution in [3.05, 3.63) is 16.1 Å². The Balaban J connectivity index is 1.56. The van der Waals surface area contributed by atoms with Crippen LogP contribution in [0, 0.1) is 5.41 Å². The Kier molecular flexibility index (Phi) is 4.98. The van der Waals surface area contributed by atoms with E-state index in [1.54, 1.807) is 11.3 Å². The maximum Gasteiger partial charge on any atom is 0.193 e. The highest BCUT2D eigenvalue weighted by Gasteiger charge is 2.40. The lowest BCUT2D eigenvalue weighted by molar-refractivity contribution is 0.0217. The SMILES string of the molecule is CCc1nc(CNC(=NC)N2CCC3(CCOCC3)C2)cs1. The largest absolute Gasteiger partial charge is 0.381 e. The molecule has 1 aromatic heterocycles. The lowest BCUT2D eigenvalue weighted by atomic mass is 9.80. The predicted molar refractivity (Wildman–Crippen MR) is 90.4 cm³/mol. The second-order valence-corrected chi connectivity index (χ2v) is 7.21. The third-order valence-electron chi connectivity index (χ3n) is 4.83. The summed E-state index contributed by atoms with van der Waals surface area (Å²) in [6.07, 6.45) is 4.64. The molecule has 1 spiro atoms. The average molecular weight is 322 g/mol. The van der Waals surface area contributed by atoms with Gasteiger partial charge >= 0.3 is 0 Å². The lowest BCUT2D eigenvalue weighted by Gasteiger charge is -2.33. The molecule has 0 unspecified atom stereocenters. The molecule has 0 saturated carbocycles. The van der Waals surface area contributed by atoms with Crippen LogP contribution in [0.3, 0.4) is 0 Å². The maximum absolute atomic E-state index is 5.53.